The predicted molar refractivity (Wildman–Crippen MR) is 140 cm³/mol. The fraction of sp³-hybridized carbons (Fsp3) is 0.393. The molecule has 36 heavy (non-hydrogen) atoms. The Balaban J connectivity index is 1.63. The smallest absolute Gasteiger partial charge is 0.329 e. The van der Waals surface area contributed by atoms with E-state index in [1.54, 1.807) is 7.11 Å². The number of hydrogen-bond donors (Lipinski definition) is 1. The van der Waals surface area contributed by atoms with Gasteiger partial charge in [-0.25, -0.2) is 4.79 Å². The molecular weight excluding hydrogens is 474 g/mol. The van der Waals surface area contributed by atoms with E-state index >= 15 is 0 Å². The molecule has 1 N–H and O–H groups in total. The van der Waals surface area contributed by atoms with Crippen molar-refractivity contribution in [3.8, 4) is 34.2 Å². The minimum Gasteiger partial charge on any atom is -0.497 e. The van der Waals surface area contributed by atoms with Crippen molar-refractivity contribution in [2.75, 3.05) is 26.1 Å². The van der Waals surface area contributed by atoms with Crippen LogP contribution in [-0.2, 0) is 16.1 Å². The fourth-order valence-electron chi connectivity index (χ4n) is 4.84. The van der Waals surface area contributed by atoms with Crippen LogP contribution >= 0.6 is 11.8 Å². The van der Waals surface area contributed by atoms with Crippen LogP contribution < -0.4 is 4.74 Å². The second kappa shape index (κ2) is 12.6. The molecule has 1 saturated carbocycles. The standard InChI is InChI=1S/C28H31N3O4S/c1-34-24-9-5-8-23(16-24)26-27(22-6-3-2-4-7-22)31(30-28(26)36-15-14-29)17-20-10-12-21(13-11-20)18-35-19-25(32)33/h2-9,16,20-21H,10-13,15,17-19H2,1H3,(H,32,33)/t20-,21-. The fourth-order valence-corrected chi connectivity index (χ4v) is 5.56. The van der Waals surface area contributed by atoms with Gasteiger partial charge in [-0.15, -0.1) is 0 Å². The molecule has 0 saturated heterocycles. The number of carboxylic acids is 1. The van der Waals surface area contributed by atoms with Gasteiger partial charge in [0.15, 0.2) is 0 Å². The molecule has 0 atom stereocenters. The number of carbonyl (C=O) groups is 1. The van der Waals surface area contributed by atoms with E-state index in [2.05, 4.69) is 29.0 Å². The van der Waals surface area contributed by atoms with Gasteiger partial charge in [-0.05, 0) is 55.2 Å². The van der Waals surface area contributed by atoms with Gasteiger partial charge in [-0.1, -0.05) is 54.2 Å². The van der Waals surface area contributed by atoms with E-state index in [0.717, 1.165) is 65.4 Å². The van der Waals surface area contributed by atoms with Crippen LogP contribution in [0.15, 0.2) is 59.6 Å². The maximum atomic E-state index is 10.7. The lowest BCUT2D eigenvalue weighted by atomic mass is 9.82. The average molecular weight is 506 g/mol. The molecule has 188 valence electrons. The molecule has 1 fully saturated rings. The molecular formula is C28H31N3O4S. The summed E-state index contributed by atoms with van der Waals surface area (Å²) < 4.78 is 12.9. The predicted octanol–water partition coefficient (Wildman–Crippen LogP) is 5.75. The molecule has 1 aliphatic rings. The van der Waals surface area contributed by atoms with Crippen molar-refractivity contribution >= 4 is 17.7 Å². The van der Waals surface area contributed by atoms with Crippen molar-refractivity contribution in [2.24, 2.45) is 11.8 Å². The topological polar surface area (TPSA) is 97.4 Å². The van der Waals surface area contributed by atoms with Gasteiger partial charge in [-0.2, -0.15) is 10.4 Å². The number of thioether (sulfide) groups is 1. The second-order valence-corrected chi connectivity index (χ2v) is 10.0. The third kappa shape index (κ3) is 6.48. The molecule has 7 nitrogen and oxygen atoms in total. The number of aliphatic carboxylic acids is 1. The zero-order chi connectivity index (χ0) is 25.3. The van der Waals surface area contributed by atoms with Crippen LogP contribution in [-0.4, -0.2) is 46.9 Å². The van der Waals surface area contributed by atoms with Crippen molar-refractivity contribution in [3.05, 3.63) is 54.6 Å². The third-order valence-electron chi connectivity index (χ3n) is 6.58. The normalized spacial score (nSPS) is 17.4. The zero-order valence-corrected chi connectivity index (χ0v) is 21.2. The van der Waals surface area contributed by atoms with Gasteiger partial charge in [0, 0.05) is 17.7 Å². The van der Waals surface area contributed by atoms with Crippen LogP contribution in [0.25, 0.3) is 22.4 Å². The summed E-state index contributed by atoms with van der Waals surface area (Å²) in [7, 11) is 1.66. The molecule has 1 heterocycles. The SMILES string of the molecule is COc1cccc(-c2c(SCC#N)nn(C[C@H]3CC[C@H](COCC(=O)O)CC3)c2-c2ccccc2)c1. The Morgan fingerprint density at radius 1 is 1.11 bits per heavy atom. The number of benzene rings is 2. The van der Waals surface area contributed by atoms with Gasteiger partial charge >= 0.3 is 5.97 Å². The molecule has 4 rings (SSSR count). The van der Waals surface area contributed by atoms with Crippen molar-refractivity contribution < 1.29 is 19.4 Å². The Morgan fingerprint density at radius 2 is 1.83 bits per heavy atom. The number of methoxy groups -OCH3 is 1. The van der Waals surface area contributed by atoms with Crippen LogP contribution in [0.2, 0.25) is 0 Å². The maximum absolute atomic E-state index is 10.7. The van der Waals surface area contributed by atoms with Crippen molar-refractivity contribution in [1.29, 1.82) is 5.26 Å². The Kier molecular flexibility index (Phi) is 9.04. The van der Waals surface area contributed by atoms with Crippen LogP contribution in [0.1, 0.15) is 25.7 Å². The minimum atomic E-state index is -0.923. The molecule has 0 radical (unpaired) electrons. The van der Waals surface area contributed by atoms with E-state index < -0.39 is 5.97 Å². The highest BCUT2D eigenvalue weighted by Gasteiger charge is 2.26. The van der Waals surface area contributed by atoms with Gasteiger partial charge in [0.05, 0.1) is 31.2 Å². The van der Waals surface area contributed by atoms with Gasteiger partial charge in [0.2, 0.25) is 0 Å². The maximum Gasteiger partial charge on any atom is 0.329 e. The number of hydrogen-bond acceptors (Lipinski definition) is 6. The Hall–Kier alpha value is -3.28. The number of nitriles is 1. The number of rotatable bonds is 11. The van der Waals surface area contributed by atoms with E-state index in [1.807, 2.05) is 36.4 Å². The van der Waals surface area contributed by atoms with Crippen molar-refractivity contribution in [3.63, 3.8) is 0 Å². The van der Waals surface area contributed by atoms with E-state index in [4.69, 9.17) is 19.7 Å². The Morgan fingerprint density at radius 3 is 2.53 bits per heavy atom. The molecule has 0 bridgehead atoms. The molecule has 1 aromatic heterocycles. The monoisotopic (exact) mass is 505 g/mol. The molecule has 8 heteroatoms. The first kappa shape index (κ1) is 25.8. The molecule has 0 aliphatic heterocycles. The van der Waals surface area contributed by atoms with Crippen LogP contribution in [0.3, 0.4) is 0 Å². The molecule has 0 amide bonds. The molecule has 2 aromatic carbocycles. The lowest BCUT2D eigenvalue weighted by molar-refractivity contribution is -0.142. The number of carboxylic acid groups (broad SMARTS) is 1. The lowest BCUT2D eigenvalue weighted by Crippen LogP contribution is -2.23. The van der Waals surface area contributed by atoms with Crippen molar-refractivity contribution in [1.82, 2.24) is 9.78 Å². The van der Waals surface area contributed by atoms with Gasteiger partial charge < -0.3 is 14.6 Å². The summed E-state index contributed by atoms with van der Waals surface area (Å²) in [6, 6.07) is 20.5. The van der Waals surface area contributed by atoms with Gasteiger partial charge in [-0.3, -0.25) is 4.68 Å². The highest BCUT2D eigenvalue weighted by molar-refractivity contribution is 7.99. The first-order valence-corrected chi connectivity index (χ1v) is 13.2. The van der Waals surface area contributed by atoms with E-state index in [0.29, 0.717) is 24.2 Å². The lowest BCUT2D eigenvalue weighted by Gasteiger charge is -2.28. The van der Waals surface area contributed by atoms with Gasteiger partial charge in [0.25, 0.3) is 0 Å². The second-order valence-electron chi connectivity index (χ2n) is 9.05. The van der Waals surface area contributed by atoms with Crippen LogP contribution in [0.4, 0.5) is 0 Å². The highest BCUT2D eigenvalue weighted by atomic mass is 32.2. The van der Waals surface area contributed by atoms with Crippen LogP contribution in [0, 0.1) is 23.2 Å². The largest absolute Gasteiger partial charge is 0.497 e. The summed E-state index contributed by atoms with van der Waals surface area (Å²) in [5.41, 5.74) is 4.17. The highest BCUT2D eigenvalue weighted by Crippen LogP contribution is 2.41. The van der Waals surface area contributed by atoms with E-state index in [1.165, 1.54) is 11.8 Å². The Labute approximate surface area is 216 Å². The summed E-state index contributed by atoms with van der Waals surface area (Å²) in [5.74, 6) is 1.05. The summed E-state index contributed by atoms with van der Waals surface area (Å²) in [6.07, 6.45) is 4.13. The summed E-state index contributed by atoms with van der Waals surface area (Å²) >= 11 is 1.46. The van der Waals surface area contributed by atoms with Gasteiger partial charge in [0.1, 0.15) is 17.4 Å². The summed E-state index contributed by atoms with van der Waals surface area (Å²) in [4.78, 5) is 10.7. The number of aromatic nitrogens is 2. The average Bonchev–Trinajstić information content (AvgIpc) is 3.26. The molecule has 0 spiro atoms. The van der Waals surface area contributed by atoms with Crippen LogP contribution in [0.5, 0.6) is 5.75 Å². The zero-order valence-electron chi connectivity index (χ0n) is 20.4. The minimum absolute atomic E-state index is 0.232. The summed E-state index contributed by atoms with van der Waals surface area (Å²) in [5, 5.41) is 24.0. The first-order chi connectivity index (χ1) is 17.6. The van der Waals surface area contributed by atoms with Crippen molar-refractivity contribution in [2.45, 2.75) is 37.3 Å². The third-order valence-corrected chi connectivity index (χ3v) is 7.41. The number of ether oxygens (including phenoxy) is 2. The first-order valence-electron chi connectivity index (χ1n) is 12.2. The molecule has 3 aromatic rings. The van der Waals surface area contributed by atoms with E-state index in [-0.39, 0.29) is 6.61 Å². The Bertz CT molecular complexity index is 1200. The molecule has 1 aliphatic carbocycles. The summed E-state index contributed by atoms with van der Waals surface area (Å²) in [6.45, 7) is 1.06. The molecule has 0 unspecified atom stereocenters. The number of nitrogens with zero attached hydrogens (tertiary/aromatic N) is 3. The quantitative estimate of drug-likeness (QED) is 0.331. The van der Waals surface area contributed by atoms with E-state index in [9.17, 15) is 10.1 Å².